The summed E-state index contributed by atoms with van der Waals surface area (Å²) in [5.41, 5.74) is 0.791. The van der Waals surface area contributed by atoms with Gasteiger partial charge >= 0.3 is 6.03 Å². The number of carbonyl (C=O) groups is 2. The number of nitrogens with one attached hydrogen (secondary N) is 1. The van der Waals surface area contributed by atoms with Crippen molar-refractivity contribution < 1.29 is 18.4 Å². The highest BCUT2D eigenvalue weighted by atomic mass is 19.3. The fourth-order valence-corrected chi connectivity index (χ4v) is 2.59. The van der Waals surface area contributed by atoms with Gasteiger partial charge in [-0.05, 0) is 12.0 Å². The van der Waals surface area contributed by atoms with E-state index in [4.69, 9.17) is 0 Å². The minimum Gasteiger partial charge on any atom is -0.344 e. The summed E-state index contributed by atoms with van der Waals surface area (Å²) in [4.78, 5) is 26.4. The molecule has 1 aromatic rings. The van der Waals surface area contributed by atoms with Crippen LogP contribution in [0.1, 0.15) is 18.4 Å². The Bertz CT molecular complexity index is 539. The Hall–Kier alpha value is -2.18. The van der Waals surface area contributed by atoms with E-state index in [9.17, 15) is 18.4 Å². The van der Waals surface area contributed by atoms with Crippen molar-refractivity contribution in [2.24, 2.45) is 0 Å². The lowest BCUT2D eigenvalue weighted by Crippen LogP contribution is -2.52. The number of urea groups is 1. The summed E-state index contributed by atoms with van der Waals surface area (Å²) in [7, 11) is 1.67. The van der Waals surface area contributed by atoms with Crippen LogP contribution in [0, 0.1) is 0 Å². The summed E-state index contributed by atoms with van der Waals surface area (Å²) in [6, 6.07) is 8.28. The first-order chi connectivity index (χ1) is 11.0. The minimum atomic E-state index is -2.60. The molecule has 1 aliphatic rings. The van der Waals surface area contributed by atoms with Gasteiger partial charge in [-0.3, -0.25) is 4.79 Å². The third-order valence-electron chi connectivity index (χ3n) is 3.82. The maximum Gasteiger partial charge on any atom is 0.318 e. The second kappa shape index (κ2) is 7.89. The highest BCUT2D eigenvalue weighted by molar-refractivity contribution is 5.78. The Kier molecular flexibility index (Phi) is 5.90. The van der Waals surface area contributed by atoms with Crippen LogP contribution in [0.3, 0.4) is 0 Å². The van der Waals surface area contributed by atoms with Gasteiger partial charge in [0.25, 0.3) is 6.43 Å². The van der Waals surface area contributed by atoms with Crippen LogP contribution < -0.4 is 5.32 Å². The van der Waals surface area contributed by atoms with Gasteiger partial charge in [-0.1, -0.05) is 30.3 Å². The van der Waals surface area contributed by atoms with E-state index in [0.717, 1.165) is 10.5 Å². The first kappa shape index (κ1) is 17.2. The van der Waals surface area contributed by atoms with Crippen LogP contribution >= 0.6 is 0 Å². The van der Waals surface area contributed by atoms with E-state index >= 15 is 0 Å². The summed E-state index contributed by atoms with van der Waals surface area (Å²) in [6.45, 7) is -0.0981. The van der Waals surface area contributed by atoms with Crippen LogP contribution in [0.15, 0.2) is 30.3 Å². The second-order valence-corrected chi connectivity index (χ2v) is 5.72. The zero-order valence-electron chi connectivity index (χ0n) is 13.0. The number of alkyl halides is 2. The van der Waals surface area contributed by atoms with Crippen LogP contribution in [-0.2, 0) is 11.3 Å². The molecule has 5 nitrogen and oxygen atoms in total. The molecular formula is C16H21F2N3O2. The number of rotatable bonds is 5. The SMILES string of the molecule is CN1C[C@@H](NC(=O)N(Cc2ccccc2)CC(F)F)CCC1=O. The van der Waals surface area contributed by atoms with Crippen molar-refractivity contribution in [1.29, 1.82) is 0 Å². The zero-order chi connectivity index (χ0) is 16.8. The summed E-state index contributed by atoms with van der Waals surface area (Å²) < 4.78 is 25.5. The molecular weight excluding hydrogens is 304 g/mol. The number of halogens is 2. The summed E-state index contributed by atoms with van der Waals surface area (Å²) in [5, 5.41) is 2.76. The Labute approximate surface area is 134 Å². The molecule has 0 unspecified atom stereocenters. The lowest BCUT2D eigenvalue weighted by molar-refractivity contribution is -0.132. The summed E-state index contributed by atoms with van der Waals surface area (Å²) in [6.07, 6.45) is -1.71. The lowest BCUT2D eigenvalue weighted by atomic mass is 10.1. The minimum absolute atomic E-state index is 0.0317. The molecule has 0 spiro atoms. The standard InChI is InChI=1S/C16H21F2N3O2/c1-20-10-13(7-8-15(20)22)19-16(23)21(11-14(17)18)9-12-5-3-2-4-6-12/h2-6,13-14H,7-11H2,1H3,(H,19,23)/t13-/m0/s1. The molecule has 1 aliphatic heterocycles. The van der Waals surface area contributed by atoms with E-state index in [0.29, 0.717) is 19.4 Å². The molecule has 126 valence electrons. The second-order valence-electron chi connectivity index (χ2n) is 5.72. The molecule has 0 aliphatic carbocycles. The van der Waals surface area contributed by atoms with Crippen LogP contribution in [0.25, 0.3) is 0 Å². The third kappa shape index (κ3) is 5.19. The van der Waals surface area contributed by atoms with Gasteiger partial charge in [-0.25, -0.2) is 13.6 Å². The molecule has 0 aromatic heterocycles. The van der Waals surface area contributed by atoms with Crippen molar-refractivity contribution in [2.45, 2.75) is 31.9 Å². The largest absolute Gasteiger partial charge is 0.344 e. The molecule has 1 heterocycles. The summed E-state index contributed by atoms with van der Waals surface area (Å²) >= 11 is 0. The Morgan fingerprint density at radius 3 is 2.70 bits per heavy atom. The average Bonchev–Trinajstić information content (AvgIpc) is 2.51. The van der Waals surface area contributed by atoms with Crippen LogP contribution in [0.5, 0.6) is 0 Å². The van der Waals surface area contributed by atoms with Crippen LogP contribution in [0.4, 0.5) is 13.6 Å². The van der Waals surface area contributed by atoms with Crippen molar-refractivity contribution in [2.75, 3.05) is 20.1 Å². The van der Waals surface area contributed by atoms with E-state index in [-0.39, 0.29) is 18.5 Å². The van der Waals surface area contributed by atoms with E-state index < -0.39 is 19.0 Å². The first-order valence-corrected chi connectivity index (χ1v) is 7.57. The number of hydrogen-bond donors (Lipinski definition) is 1. The van der Waals surface area contributed by atoms with Crippen molar-refractivity contribution in [3.05, 3.63) is 35.9 Å². The Balaban J connectivity index is 1.97. The van der Waals surface area contributed by atoms with Gasteiger partial charge in [0, 0.05) is 32.6 Å². The quantitative estimate of drug-likeness (QED) is 0.901. The number of likely N-dealkylation sites (tertiary alicyclic amines) is 1. The van der Waals surface area contributed by atoms with Gasteiger partial charge in [0.15, 0.2) is 0 Å². The van der Waals surface area contributed by atoms with E-state index in [2.05, 4.69) is 5.32 Å². The van der Waals surface area contributed by atoms with Crippen molar-refractivity contribution >= 4 is 11.9 Å². The van der Waals surface area contributed by atoms with E-state index in [1.165, 1.54) is 0 Å². The third-order valence-corrected chi connectivity index (χ3v) is 3.82. The van der Waals surface area contributed by atoms with Gasteiger partial charge in [-0.2, -0.15) is 0 Å². The Morgan fingerprint density at radius 1 is 1.39 bits per heavy atom. The fraction of sp³-hybridized carbons (Fsp3) is 0.500. The zero-order valence-corrected chi connectivity index (χ0v) is 13.0. The molecule has 0 bridgehead atoms. The molecule has 1 fully saturated rings. The number of carbonyl (C=O) groups excluding carboxylic acids is 2. The summed E-state index contributed by atoms with van der Waals surface area (Å²) in [5.74, 6) is 0.0317. The predicted octanol–water partition coefficient (Wildman–Crippen LogP) is 2.08. The number of hydrogen-bond acceptors (Lipinski definition) is 2. The van der Waals surface area contributed by atoms with E-state index in [1.807, 2.05) is 6.07 Å². The van der Waals surface area contributed by atoms with Gasteiger partial charge in [0.1, 0.15) is 0 Å². The van der Waals surface area contributed by atoms with Crippen molar-refractivity contribution in [3.63, 3.8) is 0 Å². The van der Waals surface area contributed by atoms with Crippen molar-refractivity contribution in [1.82, 2.24) is 15.1 Å². The number of amides is 3. The van der Waals surface area contributed by atoms with Crippen LogP contribution in [0.2, 0.25) is 0 Å². The highest BCUT2D eigenvalue weighted by Gasteiger charge is 2.26. The first-order valence-electron chi connectivity index (χ1n) is 7.57. The molecule has 7 heteroatoms. The van der Waals surface area contributed by atoms with Gasteiger partial charge in [0.05, 0.1) is 6.54 Å². The molecule has 1 atom stereocenters. The van der Waals surface area contributed by atoms with Crippen LogP contribution in [-0.4, -0.2) is 54.3 Å². The molecule has 3 amide bonds. The molecule has 1 N–H and O–H groups in total. The molecule has 1 saturated heterocycles. The van der Waals surface area contributed by atoms with Gasteiger partial charge in [-0.15, -0.1) is 0 Å². The molecule has 0 radical (unpaired) electrons. The lowest BCUT2D eigenvalue weighted by Gasteiger charge is -2.32. The predicted molar refractivity (Wildman–Crippen MR) is 82.0 cm³/mol. The number of nitrogens with zero attached hydrogens (tertiary/aromatic N) is 2. The molecule has 23 heavy (non-hydrogen) atoms. The number of likely N-dealkylation sites (N-methyl/N-ethyl adjacent to an activating group) is 1. The molecule has 1 aromatic carbocycles. The number of piperidine rings is 1. The number of benzene rings is 1. The smallest absolute Gasteiger partial charge is 0.318 e. The van der Waals surface area contributed by atoms with Gasteiger partial charge in [0.2, 0.25) is 5.91 Å². The maximum atomic E-state index is 12.8. The molecule has 0 saturated carbocycles. The van der Waals surface area contributed by atoms with Crippen molar-refractivity contribution in [3.8, 4) is 0 Å². The monoisotopic (exact) mass is 325 g/mol. The maximum absolute atomic E-state index is 12.8. The van der Waals surface area contributed by atoms with E-state index in [1.54, 1.807) is 36.2 Å². The highest BCUT2D eigenvalue weighted by Crippen LogP contribution is 2.12. The topological polar surface area (TPSA) is 52.7 Å². The Morgan fingerprint density at radius 2 is 2.09 bits per heavy atom. The fourth-order valence-electron chi connectivity index (χ4n) is 2.59. The average molecular weight is 325 g/mol. The normalized spacial score (nSPS) is 18.2. The van der Waals surface area contributed by atoms with Gasteiger partial charge < -0.3 is 15.1 Å². The molecule has 2 rings (SSSR count).